The monoisotopic (exact) mass is 467 g/mol. The average molecular weight is 469 g/mol. The van der Waals surface area contributed by atoms with Gasteiger partial charge in [0.1, 0.15) is 10.2 Å². The molecule has 2 rings (SSSR count). The lowest BCUT2D eigenvalue weighted by atomic mass is 10.2. The van der Waals surface area contributed by atoms with Gasteiger partial charge in [-0.15, -0.1) is 0 Å². The Bertz CT molecular complexity index is 832. The van der Waals surface area contributed by atoms with E-state index in [1.807, 2.05) is 0 Å². The number of hydrogen-bond donors (Lipinski definition) is 2. The van der Waals surface area contributed by atoms with Gasteiger partial charge in [0.2, 0.25) is 17.4 Å². The van der Waals surface area contributed by atoms with Crippen LogP contribution in [0.2, 0.25) is 5.02 Å². The molecule has 0 aliphatic heterocycles. The molecule has 5 nitrogen and oxygen atoms in total. The fourth-order valence-electron chi connectivity index (χ4n) is 1.51. The van der Waals surface area contributed by atoms with Gasteiger partial charge in [-0.25, -0.2) is 8.78 Å². The van der Waals surface area contributed by atoms with Crippen molar-refractivity contribution in [3.8, 4) is 11.5 Å². The largest absolute Gasteiger partial charge is 0.508 e. The molecule has 0 fully saturated rings. The summed E-state index contributed by atoms with van der Waals surface area (Å²) in [7, 11) is 0. The molecule has 2 N–H and O–H groups in total. The summed E-state index contributed by atoms with van der Waals surface area (Å²) >= 11 is 7.60. The summed E-state index contributed by atoms with van der Waals surface area (Å²) in [4.78, 5) is 8.80. The molecule has 0 aromatic heterocycles. The van der Waals surface area contributed by atoms with E-state index >= 15 is 0 Å². The molecular weight excluding hydrogens is 463 g/mol. The van der Waals surface area contributed by atoms with Crippen LogP contribution >= 0.6 is 27.5 Å². The smallest absolute Gasteiger partial charge is 0.417 e. The second-order valence-corrected chi connectivity index (χ2v) is 5.57. The minimum Gasteiger partial charge on any atom is -0.508 e. The minimum atomic E-state index is -4.52. The number of nitro benzene ring substituents is 1. The van der Waals surface area contributed by atoms with E-state index in [1.165, 1.54) is 0 Å². The number of halogens is 8. The predicted octanol–water partition coefficient (Wildman–Crippen LogP) is 5.54. The third kappa shape index (κ3) is 4.69. The van der Waals surface area contributed by atoms with Crippen LogP contribution in [0.1, 0.15) is 5.56 Å². The van der Waals surface area contributed by atoms with Gasteiger partial charge in [0.15, 0.2) is 5.82 Å². The summed E-state index contributed by atoms with van der Waals surface area (Å²) in [6, 6.07) is 2.68. The average Bonchev–Trinajstić information content (AvgIpc) is 2.53. The Kier molecular flexibility index (Phi) is 6.71. The van der Waals surface area contributed by atoms with Crippen LogP contribution in [-0.2, 0) is 6.18 Å². The zero-order valence-corrected chi connectivity index (χ0v) is 14.3. The SMILES string of the molecule is O=[N+]([O-])c1c(O)c(Br)c(F)c(F)c1F.Oc1ccc(Cl)c(C(F)(F)F)c1. The Morgan fingerprint density at radius 1 is 1.08 bits per heavy atom. The van der Waals surface area contributed by atoms with E-state index in [2.05, 4.69) is 15.9 Å². The number of hydrogen-bond acceptors (Lipinski definition) is 4. The lowest BCUT2D eigenvalue weighted by Gasteiger charge is -2.08. The van der Waals surface area contributed by atoms with Crippen LogP contribution < -0.4 is 0 Å². The fraction of sp³-hybridized carbons (Fsp3) is 0.0769. The van der Waals surface area contributed by atoms with Gasteiger partial charge in [0, 0.05) is 0 Å². The number of phenolic OH excluding ortho intramolecular Hbond substituents is 2. The van der Waals surface area contributed by atoms with Crippen LogP contribution in [0.25, 0.3) is 0 Å². The van der Waals surface area contributed by atoms with Gasteiger partial charge in [0.05, 0.1) is 15.5 Å². The number of phenols is 2. The van der Waals surface area contributed by atoms with E-state index in [9.17, 15) is 36.5 Å². The second-order valence-electron chi connectivity index (χ2n) is 4.37. The summed E-state index contributed by atoms with van der Waals surface area (Å²) in [5.74, 6) is -7.50. The van der Waals surface area contributed by atoms with Crippen molar-refractivity contribution >= 4 is 33.2 Å². The van der Waals surface area contributed by atoms with Crippen LogP contribution in [0.5, 0.6) is 11.5 Å². The molecular formula is C13H5BrClF6NO4. The first-order valence-corrected chi connectivity index (χ1v) is 7.21. The second kappa shape index (κ2) is 7.99. The van der Waals surface area contributed by atoms with E-state index < -0.39 is 60.8 Å². The highest BCUT2D eigenvalue weighted by atomic mass is 79.9. The molecule has 0 heterocycles. The van der Waals surface area contributed by atoms with E-state index in [0.29, 0.717) is 6.07 Å². The Labute approximate surface area is 153 Å². The highest BCUT2D eigenvalue weighted by molar-refractivity contribution is 9.10. The van der Waals surface area contributed by atoms with Crippen molar-refractivity contribution in [2.45, 2.75) is 6.18 Å². The molecule has 0 unspecified atom stereocenters. The first kappa shape index (κ1) is 21.8. The molecule has 0 spiro atoms. The van der Waals surface area contributed by atoms with Crippen LogP contribution in [0.4, 0.5) is 32.0 Å². The summed E-state index contributed by atoms with van der Waals surface area (Å²) in [5.41, 5.74) is -2.53. The number of benzene rings is 2. The molecule has 0 aliphatic carbocycles. The molecule has 2 aromatic rings. The number of nitrogens with zero attached hydrogens (tertiary/aromatic N) is 1. The van der Waals surface area contributed by atoms with E-state index in [4.69, 9.17) is 21.8 Å². The van der Waals surface area contributed by atoms with Crippen molar-refractivity contribution < 1.29 is 41.5 Å². The molecule has 0 bridgehead atoms. The molecule has 0 amide bonds. The van der Waals surface area contributed by atoms with Gasteiger partial charge < -0.3 is 10.2 Å². The van der Waals surface area contributed by atoms with Crippen LogP contribution in [0.3, 0.4) is 0 Å². The maximum atomic E-state index is 12.7. The lowest BCUT2D eigenvalue weighted by molar-refractivity contribution is -0.389. The zero-order valence-electron chi connectivity index (χ0n) is 11.9. The highest BCUT2D eigenvalue weighted by Crippen LogP contribution is 2.39. The predicted molar refractivity (Wildman–Crippen MR) is 80.5 cm³/mol. The van der Waals surface area contributed by atoms with Crippen LogP contribution in [0.15, 0.2) is 22.7 Å². The van der Waals surface area contributed by atoms with Gasteiger partial charge in [0.25, 0.3) is 0 Å². The molecule has 0 saturated heterocycles. The zero-order chi connectivity index (χ0) is 20.4. The van der Waals surface area contributed by atoms with E-state index in [0.717, 1.165) is 12.1 Å². The number of aromatic hydroxyl groups is 2. The third-order valence-electron chi connectivity index (χ3n) is 2.66. The maximum absolute atomic E-state index is 12.7. The fourth-order valence-corrected chi connectivity index (χ4v) is 2.09. The van der Waals surface area contributed by atoms with Gasteiger partial charge in [-0.05, 0) is 34.1 Å². The molecule has 0 radical (unpaired) electrons. The maximum Gasteiger partial charge on any atom is 0.417 e. The van der Waals surface area contributed by atoms with Crippen molar-refractivity contribution in [1.29, 1.82) is 0 Å². The van der Waals surface area contributed by atoms with Gasteiger partial charge in [-0.2, -0.15) is 17.6 Å². The summed E-state index contributed by atoms with van der Waals surface area (Å²) < 4.78 is 73.2. The molecule has 0 atom stereocenters. The quantitative estimate of drug-likeness (QED) is 0.189. The topological polar surface area (TPSA) is 83.6 Å². The summed E-state index contributed by atoms with van der Waals surface area (Å²) in [6.07, 6.45) is -4.52. The van der Waals surface area contributed by atoms with Gasteiger partial charge in [-0.1, -0.05) is 11.6 Å². The van der Waals surface area contributed by atoms with Crippen molar-refractivity contribution in [3.63, 3.8) is 0 Å². The molecule has 142 valence electrons. The minimum absolute atomic E-state index is 0.416. The molecule has 26 heavy (non-hydrogen) atoms. The normalized spacial score (nSPS) is 10.9. The number of alkyl halides is 3. The lowest BCUT2D eigenvalue weighted by Crippen LogP contribution is -2.05. The molecule has 13 heteroatoms. The number of nitro groups is 1. The van der Waals surface area contributed by atoms with Crippen LogP contribution in [0, 0.1) is 27.6 Å². The van der Waals surface area contributed by atoms with E-state index in [-0.39, 0.29) is 0 Å². The first-order valence-electron chi connectivity index (χ1n) is 6.04. The number of rotatable bonds is 1. The van der Waals surface area contributed by atoms with Crippen molar-refractivity contribution in [3.05, 3.63) is 60.8 Å². The molecule has 2 aromatic carbocycles. The Morgan fingerprint density at radius 2 is 1.62 bits per heavy atom. The van der Waals surface area contributed by atoms with E-state index in [1.54, 1.807) is 0 Å². The summed E-state index contributed by atoms with van der Waals surface area (Å²) in [6.45, 7) is 0. The van der Waals surface area contributed by atoms with Crippen LogP contribution in [-0.4, -0.2) is 15.1 Å². The van der Waals surface area contributed by atoms with Crippen molar-refractivity contribution in [2.75, 3.05) is 0 Å². The van der Waals surface area contributed by atoms with Gasteiger partial charge in [-0.3, -0.25) is 10.1 Å². The van der Waals surface area contributed by atoms with Crippen molar-refractivity contribution in [2.24, 2.45) is 0 Å². The third-order valence-corrected chi connectivity index (χ3v) is 3.71. The Hall–Kier alpha value is -2.21. The highest BCUT2D eigenvalue weighted by Gasteiger charge is 2.33. The summed E-state index contributed by atoms with van der Waals surface area (Å²) in [5, 5.41) is 27.4. The molecule has 0 saturated carbocycles. The standard InChI is InChI=1S/C7H4ClF3O.C6HBrF3NO3/c8-6-2-1-4(12)3-5(6)7(9,10)11;7-1-2(8)3(9)4(10)5(6(1)12)11(13)14/h1-3,12H;12H. The first-order chi connectivity index (χ1) is 11.8. The van der Waals surface area contributed by atoms with Crippen molar-refractivity contribution in [1.82, 2.24) is 0 Å². The molecule has 0 aliphatic rings. The van der Waals surface area contributed by atoms with Gasteiger partial charge >= 0.3 is 11.9 Å². The Balaban J connectivity index is 0.000000263. The Morgan fingerprint density at radius 3 is 2.04 bits per heavy atom.